The van der Waals surface area contributed by atoms with Crippen molar-refractivity contribution in [2.75, 3.05) is 25.9 Å². The molecule has 0 aromatic carbocycles. The topological polar surface area (TPSA) is 27.6 Å². The van der Waals surface area contributed by atoms with E-state index in [9.17, 15) is 0 Å². The first-order valence-corrected chi connectivity index (χ1v) is 7.79. The first-order chi connectivity index (χ1) is 8.16. The standard InChI is InChI=1S/C13H25N3S/c1-10(2)12-6-8-17-13(15-12)14-9-11-5-4-7-16(11)3/h10-12H,4-9H2,1-3H3,(H,14,15). The molecule has 0 spiro atoms. The van der Waals surface area contributed by atoms with Gasteiger partial charge in [0, 0.05) is 17.8 Å². The summed E-state index contributed by atoms with van der Waals surface area (Å²) >= 11 is 1.89. The van der Waals surface area contributed by atoms with E-state index in [4.69, 9.17) is 4.99 Å². The highest BCUT2D eigenvalue weighted by Crippen LogP contribution is 2.20. The summed E-state index contributed by atoms with van der Waals surface area (Å²) in [7, 11) is 2.22. The second-order valence-corrected chi connectivity index (χ2v) is 6.64. The van der Waals surface area contributed by atoms with E-state index in [1.165, 1.54) is 36.7 Å². The molecule has 0 aromatic rings. The van der Waals surface area contributed by atoms with Crippen molar-refractivity contribution in [3.05, 3.63) is 0 Å². The molecule has 2 unspecified atom stereocenters. The Hall–Kier alpha value is -0.220. The molecule has 2 aliphatic heterocycles. The maximum absolute atomic E-state index is 4.78. The van der Waals surface area contributed by atoms with Gasteiger partial charge in [0.2, 0.25) is 0 Å². The fourth-order valence-corrected chi connectivity index (χ4v) is 3.51. The number of hydrogen-bond acceptors (Lipinski definition) is 3. The molecule has 17 heavy (non-hydrogen) atoms. The number of nitrogens with one attached hydrogen (secondary N) is 1. The molecule has 1 N–H and O–H groups in total. The van der Waals surface area contributed by atoms with Crippen molar-refractivity contribution >= 4 is 16.9 Å². The lowest BCUT2D eigenvalue weighted by molar-refractivity contribution is 0.317. The van der Waals surface area contributed by atoms with Crippen LogP contribution in [0.2, 0.25) is 0 Å². The molecule has 0 aliphatic carbocycles. The number of aliphatic imine (C=N–C) groups is 1. The molecule has 0 amide bonds. The van der Waals surface area contributed by atoms with Crippen molar-refractivity contribution in [2.24, 2.45) is 10.9 Å². The third-order valence-corrected chi connectivity index (χ3v) is 4.86. The van der Waals surface area contributed by atoms with Crippen molar-refractivity contribution in [3.8, 4) is 0 Å². The van der Waals surface area contributed by atoms with Gasteiger partial charge in [-0.25, -0.2) is 0 Å². The van der Waals surface area contributed by atoms with Crippen molar-refractivity contribution < 1.29 is 0 Å². The molecule has 2 aliphatic rings. The molecule has 0 saturated carbocycles. The van der Waals surface area contributed by atoms with Crippen molar-refractivity contribution in [1.82, 2.24) is 10.2 Å². The minimum Gasteiger partial charge on any atom is -0.362 e. The molecule has 2 heterocycles. The fourth-order valence-electron chi connectivity index (χ4n) is 2.54. The molecule has 3 nitrogen and oxygen atoms in total. The SMILES string of the molecule is CC(C)C1CCSC(=NCC2CCCN2C)N1. The van der Waals surface area contributed by atoms with E-state index < -0.39 is 0 Å². The lowest BCUT2D eigenvalue weighted by Crippen LogP contribution is -2.41. The molecular weight excluding hydrogens is 230 g/mol. The second kappa shape index (κ2) is 6.10. The molecular formula is C13H25N3S. The second-order valence-electron chi connectivity index (χ2n) is 5.55. The first kappa shape index (κ1) is 13.2. The van der Waals surface area contributed by atoms with Gasteiger partial charge in [-0.05, 0) is 38.8 Å². The van der Waals surface area contributed by atoms with Crippen LogP contribution in [0.5, 0.6) is 0 Å². The van der Waals surface area contributed by atoms with E-state index in [1.807, 2.05) is 11.8 Å². The zero-order chi connectivity index (χ0) is 12.3. The van der Waals surface area contributed by atoms with Crippen LogP contribution in [-0.4, -0.2) is 48.0 Å². The van der Waals surface area contributed by atoms with E-state index in [0.29, 0.717) is 18.0 Å². The van der Waals surface area contributed by atoms with Crippen LogP contribution in [0.1, 0.15) is 33.1 Å². The van der Waals surface area contributed by atoms with Gasteiger partial charge in [0.15, 0.2) is 5.17 Å². The number of amidine groups is 1. The summed E-state index contributed by atoms with van der Waals surface area (Å²) in [5.74, 6) is 1.92. The smallest absolute Gasteiger partial charge is 0.156 e. The lowest BCUT2D eigenvalue weighted by atomic mass is 10.0. The van der Waals surface area contributed by atoms with E-state index in [2.05, 4.69) is 31.1 Å². The zero-order valence-corrected chi connectivity index (χ0v) is 12.1. The minimum atomic E-state index is 0.622. The lowest BCUT2D eigenvalue weighted by Gasteiger charge is -2.28. The molecule has 98 valence electrons. The summed E-state index contributed by atoms with van der Waals surface area (Å²) in [4.78, 5) is 7.22. The quantitative estimate of drug-likeness (QED) is 0.838. The average molecular weight is 255 g/mol. The summed E-state index contributed by atoms with van der Waals surface area (Å²) in [5.41, 5.74) is 0. The predicted octanol–water partition coefficient (Wildman–Crippen LogP) is 2.19. The van der Waals surface area contributed by atoms with Gasteiger partial charge in [-0.15, -0.1) is 0 Å². The molecule has 0 aromatic heterocycles. The summed E-state index contributed by atoms with van der Waals surface area (Å²) in [5, 5.41) is 4.76. The molecule has 2 fully saturated rings. The number of hydrogen-bond donors (Lipinski definition) is 1. The van der Waals surface area contributed by atoms with Crippen molar-refractivity contribution in [1.29, 1.82) is 0 Å². The summed E-state index contributed by atoms with van der Waals surface area (Å²) in [6, 6.07) is 1.29. The highest BCUT2D eigenvalue weighted by molar-refractivity contribution is 8.13. The monoisotopic (exact) mass is 255 g/mol. The predicted molar refractivity (Wildman–Crippen MR) is 76.8 cm³/mol. The molecule has 2 atom stereocenters. The number of likely N-dealkylation sites (N-methyl/N-ethyl adjacent to an activating group) is 1. The van der Waals surface area contributed by atoms with E-state index in [0.717, 1.165) is 6.54 Å². The van der Waals surface area contributed by atoms with Crippen LogP contribution in [0.15, 0.2) is 4.99 Å². The van der Waals surface area contributed by atoms with Gasteiger partial charge in [0.05, 0.1) is 6.54 Å². The number of nitrogens with zero attached hydrogens (tertiary/aromatic N) is 2. The largest absolute Gasteiger partial charge is 0.362 e. The highest BCUT2D eigenvalue weighted by Gasteiger charge is 2.23. The maximum Gasteiger partial charge on any atom is 0.156 e. The molecule has 0 bridgehead atoms. The van der Waals surface area contributed by atoms with Crippen LogP contribution in [0.4, 0.5) is 0 Å². The van der Waals surface area contributed by atoms with Crippen LogP contribution in [0, 0.1) is 5.92 Å². The third-order valence-electron chi connectivity index (χ3n) is 3.90. The van der Waals surface area contributed by atoms with Crippen LogP contribution in [0.3, 0.4) is 0 Å². The fraction of sp³-hybridized carbons (Fsp3) is 0.923. The van der Waals surface area contributed by atoms with Crippen LogP contribution in [0.25, 0.3) is 0 Å². The van der Waals surface area contributed by atoms with Crippen molar-refractivity contribution in [2.45, 2.75) is 45.2 Å². The molecule has 2 saturated heterocycles. The number of thioether (sulfide) groups is 1. The van der Waals surface area contributed by atoms with E-state index >= 15 is 0 Å². The minimum absolute atomic E-state index is 0.622. The third kappa shape index (κ3) is 3.62. The van der Waals surface area contributed by atoms with Crippen molar-refractivity contribution in [3.63, 3.8) is 0 Å². The van der Waals surface area contributed by atoms with Gasteiger partial charge in [-0.1, -0.05) is 25.6 Å². The Morgan fingerprint density at radius 1 is 1.47 bits per heavy atom. The Balaban J connectivity index is 1.84. The average Bonchev–Trinajstić information content (AvgIpc) is 2.72. The van der Waals surface area contributed by atoms with Gasteiger partial charge in [0.1, 0.15) is 0 Å². The van der Waals surface area contributed by atoms with Gasteiger partial charge >= 0.3 is 0 Å². The Labute approximate surface area is 109 Å². The van der Waals surface area contributed by atoms with Crippen LogP contribution < -0.4 is 5.32 Å². The molecule has 0 radical (unpaired) electrons. The van der Waals surface area contributed by atoms with Crippen LogP contribution >= 0.6 is 11.8 Å². The van der Waals surface area contributed by atoms with Gasteiger partial charge in [-0.2, -0.15) is 0 Å². The number of likely N-dealkylation sites (tertiary alicyclic amines) is 1. The molecule has 4 heteroatoms. The van der Waals surface area contributed by atoms with E-state index in [-0.39, 0.29) is 0 Å². The van der Waals surface area contributed by atoms with Gasteiger partial charge in [0.25, 0.3) is 0 Å². The van der Waals surface area contributed by atoms with Gasteiger partial charge < -0.3 is 10.2 Å². The Bertz CT molecular complexity index is 278. The Kier molecular flexibility index (Phi) is 4.74. The number of rotatable bonds is 3. The maximum atomic E-state index is 4.78. The first-order valence-electron chi connectivity index (χ1n) is 6.81. The van der Waals surface area contributed by atoms with Gasteiger partial charge in [-0.3, -0.25) is 4.99 Å². The van der Waals surface area contributed by atoms with Crippen LogP contribution in [-0.2, 0) is 0 Å². The summed E-state index contributed by atoms with van der Waals surface area (Å²) in [6.45, 7) is 6.79. The summed E-state index contributed by atoms with van der Waals surface area (Å²) in [6.07, 6.45) is 3.91. The Morgan fingerprint density at radius 3 is 2.94 bits per heavy atom. The normalized spacial score (nSPS) is 33.3. The van der Waals surface area contributed by atoms with E-state index in [1.54, 1.807) is 0 Å². The summed E-state index contributed by atoms with van der Waals surface area (Å²) < 4.78 is 0. The molecule has 2 rings (SSSR count). The Morgan fingerprint density at radius 2 is 2.29 bits per heavy atom. The highest BCUT2D eigenvalue weighted by atomic mass is 32.2. The zero-order valence-electron chi connectivity index (χ0n) is 11.3.